The maximum absolute atomic E-state index is 12.1. The van der Waals surface area contributed by atoms with Crippen molar-refractivity contribution in [3.05, 3.63) is 70.7 Å². The summed E-state index contributed by atoms with van der Waals surface area (Å²) in [5, 5.41) is 0.682. The molecule has 0 aliphatic carbocycles. The van der Waals surface area contributed by atoms with Gasteiger partial charge in [0.25, 0.3) is 0 Å². The molecule has 1 atom stereocenters. The van der Waals surface area contributed by atoms with Crippen molar-refractivity contribution >= 4 is 29.8 Å². The van der Waals surface area contributed by atoms with Gasteiger partial charge in [0.1, 0.15) is 0 Å². The van der Waals surface area contributed by atoms with Gasteiger partial charge in [0.2, 0.25) is 0 Å². The number of Topliss-reactive ketones (excluding diaryl/α,β-unsaturated/α-hetero) is 1. The van der Waals surface area contributed by atoms with Crippen molar-refractivity contribution in [2.24, 2.45) is 5.73 Å². The highest BCUT2D eigenvalue weighted by Gasteiger charge is 2.15. The molecule has 19 heavy (non-hydrogen) atoms. The molecule has 0 bridgehead atoms. The number of halogens is 2. The van der Waals surface area contributed by atoms with Crippen molar-refractivity contribution in [1.82, 2.24) is 0 Å². The lowest BCUT2D eigenvalue weighted by molar-refractivity contribution is 0.0961. The predicted molar refractivity (Wildman–Crippen MR) is 81.2 cm³/mol. The van der Waals surface area contributed by atoms with Gasteiger partial charge in [-0.05, 0) is 24.1 Å². The Balaban J connectivity index is 0.00000180. The van der Waals surface area contributed by atoms with E-state index in [-0.39, 0.29) is 18.2 Å². The number of carbonyl (C=O) groups is 1. The standard InChI is InChI=1S/C15H14ClNO.ClH/c16-13-8-6-11(7-9-13)10-14(17)15(18)12-4-2-1-3-5-12;/h1-9,14H,10,17H2;1H. The smallest absolute Gasteiger partial charge is 0.179 e. The van der Waals surface area contributed by atoms with Gasteiger partial charge in [0.05, 0.1) is 6.04 Å². The van der Waals surface area contributed by atoms with E-state index in [0.717, 1.165) is 5.56 Å². The number of nitrogens with two attached hydrogens (primary N) is 1. The highest BCUT2D eigenvalue weighted by atomic mass is 35.5. The molecule has 100 valence electrons. The number of hydrogen-bond acceptors (Lipinski definition) is 2. The zero-order valence-electron chi connectivity index (χ0n) is 10.3. The summed E-state index contributed by atoms with van der Waals surface area (Å²) in [4.78, 5) is 12.1. The van der Waals surface area contributed by atoms with Crippen molar-refractivity contribution in [2.75, 3.05) is 0 Å². The Kier molecular flexibility index (Phi) is 6.03. The number of hydrogen-bond donors (Lipinski definition) is 1. The largest absolute Gasteiger partial charge is 0.321 e. The van der Waals surface area contributed by atoms with Crippen molar-refractivity contribution in [2.45, 2.75) is 12.5 Å². The van der Waals surface area contributed by atoms with Crippen molar-refractivity contribution in [1.29, 1.82) is 0 Å². The maximum atomic E-state index is 12.1. The average molecular weight is 296 g/mol. The molecule has 0 aliphatic heterocycles. The van der Waals surface area contributed by atoms with Crippen LogP contribution in [0.5, 0.6) is 0 Å². The zero-order chi connectivity index (χ0) is 13.0. The third-order valence-electron chi connectivity index (χ3n) is 2.76. The van der Waals surface area contributed by atoms with Gasteiger partial charge in [-0.1, -0.05) is 54.1 Å². The minimum absolute atomic E-state index is 0. The topological polar surface area (TPSA) is 43.1 Å². The summed E-state index contributed by atoms with van der Waals surface area (Å²) in [7, 11) is 0. The summed E-state index contributed by atoms with van der Waals surface area (Å²) < 4.78 is 0. The molecule has 0 saturated heterocycles. The first-order chi connectivity index (χ1) is 8.66. The zero-order valence-corrected chi connectivity index (χ0v) is 11.8. The van der Waals surface area contributed by atoms with E-state index in [1.807, 2.05) is 30.3 Å². The molecule has 0 amide bonds. The Bertz CT molecular complexity index is 526. The molecule has 1 unspecified atom stereocenters. The Morgan fingerprint density at radius 1 is 1.05 bits per heavy atom. The van der Waals surface area contributed by atoms with E-state index >= 15 is 0 Å². The molecule has 0 aliphatic rings. The van der Waals surface area contributed by atoms with Crippen molar-refractivity contribution in [3.8, 4) is 0 Å². The maximum Gasteiger partial charge on any atom is 0.179 e. The van der Waals surface area contributed by atoms with E-state index < -0.39 is 6.04 Å². The summed E-state index contributed by atoms with van der Waals surface area (Å²) in [6.45, 7) is 0. The fourth-order valence-electron chi connectivity index (χ4n) is 1.78. The van der Waals surface area contributed by atoms with Gasteiger partial charge < -0.3 is 5.73 Å². The minimum atomic E-state index is -0.520. The summed E-state index contributed by atoms with van der Waals surface area (Å²) in [6, 6.07) is 16.0. The molecule has 0 fully saturated rings. The third-order valence-corrected chi connectivity index (χ3v) is 3.02. The van der Waals surface area contributed by atoms with Gasteiger partial charge in [0.15, 0.2) is 5.78 Å². The Morgan fingerprint density at radius 3 is 2.21 bits per heavy atom. The normalized spacial score (nSPS) is 11.5. The van der Waals surface area contributed by atoms with Gasteiger partial charge in [-0.2, -0.15) is 0 Å². The van der Waals surface area contributed by atoms with E-state index in [2.05, 4.69) is 0 Å². The summed E-state index contributed by atoms with van der Waals surface area (Å²) in [6.07, 6.45) is 0.519. The third kappa shape index (κ3) is 4.35. The van der Waals surface area contributed by atoms with Crippen molar-refractivity contribution < 1.29 is 4.79 Å². The second kappa shape index (κ2) is 7.29. The van der Waals surface area contributed by atoms with E-state index in [9.17, 15) is 4.79 Å². The lowest BCUT2D eigenvalue weighted by atomic mass is 9.98. The molecular weight excluding hydrogens is 281 g/mol. The van der Waals surface area contributed by atoms with Gasteiger partial charge in [-0.25, -0.2) is 0 Å². The van der Waals surface area contributed by atoms with Crippen LogP contribution < -0.4 is 5.73 Å². The van der Waals surface area contributed by atoms with Gasteiger partial charge in [0, 0.05) is 10.6 Å². The summed E-state index contributed by atoms with van der Waals surface area (Å²) >= 11 is 5.81. The van der Waals surface area contributed by atoms with Crippen LogP contribution >= 0.6 is 24.0 Å². The van der Waals surface area contributed by atoms with Crippen LogP contribution in [0.2, 0.25) is 5.02 Å². The highest BCUT2D eigenvalue weighted by Crippen LogP contribution is 2.12. The second-order valence-electron chi connectivity index (χ2n) is 4.17. The molecule has 2 N–H and O–H groups in total. The first-order valence-corrected chi connectivity index (χ1v) is 6.14. The molecule has 0 radical (unpaired) electrons. The molecule has 2 aromatic rings. The SMILES string of the molecule is Cl.NC(Cc1ccc(Cl)cc1)C(=O)c1ccccc1. The van der Waals surface area contributed by atoms with Gasteiger partial charge in [-0.3, -0.25) is 4.79 Å². The molecule has 0 heterocycles. The van der Waals surface area contributed by atoms with Crippen LogP contribution in [0.15, 0.2) is 54.6 Å². The van der Waals surface area contributed by atoms with E-state index in [1.165, 1.54) is 0 Å². The molecule has 2 aromatic carbocycles. The van der Waals surface area contributed by atoms with E-state index in [4.69, 9.17) is 17.3 Å². The number of carbonyl (C=O) groups excluding carboxylic acids is 1. The van der Waals surface area contributed by atoms with E-state index in [1.54, 1.807) is 24.3 Å². The molecule has 2 rings (SSSR count). The molecule has 0 saturated carbocycles. The van der Waals surface area contributed by atoms with Crippen LogP contribution in [-0.2, 0) is 6.42 Å². The number of ketones is 1. The molecule has 0 aromatic heterocycles. The highest BCUT2D eigenvalue weighted by molar-refractivity contribution is 6.30. The monoisotopic (exact) mass is 295 g/mol. The van der Waals surface area contributed by atoms with Crippen LogP contribution in [-0.4, -0.2) is 11.8 Å². The number of rotatable bonds is 4. The van der Waals surface area contributed by atoms with Crippen LogP contribution in [0, 0.1) is 0 Å². The lowest BCUT2D eigenvalue weighted by Crippen LogP contribution is -2.32. The van der Waals surface area contributed by atoms with Crippen molar-refractivity contribution in [3.63, 3.8) is 0 Å². The fourth-order valence-corrected chi connectivity index (χ4v) is 1.91. The van der Waals surface area contributed by atoms with E-state index in [0.29, 0.717) is 17.0 Å². The Labute approximate surface area is 124 Å². The molecule has 2 nitrogen and oxygen atoms in total. The predicted octanol–water partition coefficient (Wildman–Crippen LogP) is 3.51. The lowest BCUT2D eigenvalue weighted by Gasteiger charge is -2.10. The summed E-state index contributed by atoms with van der Waals surface area (Å²) in [5.74, 6) is -0.0365. The van der Waals surface area contributed by atoms with Crippen LogP contribution in [0.4, 0.5) is 0 Å². The molecule has 0 spiro atoms. The van der Waals surface area contributed by atoms with Crippen LogP contribution in [0.25, 0.3) is 0 Å². The molecule has 4 heteroatoms. The van der Waals surface area contributed by atoms with Crippen LogP contribution in [0.3, 0.4) is 0 Å². The first-order valence-electron chi connectivity index (χ1n) is 5.76. The summed E-state index contributed by atoms with van der Waals surface area (Å²) in [5.41, 5.74) is 7.60. The average Bonchev–Trinajstić information content (AvgIpc) is 2.41. The Hall–Kier alpha value is -1.35. The van der Waals surface area contributed by atoms with Gasteiger partial charge >= 0.3 is 0 Å². The minimum Gasteiger partial charge on any atom is -0.321 e. The van der Waals surface area contributed by atoms with Gasteiger partial charge in [-0.15, -0.1) is 12.4 Å². The second-order valence-corrected chi connectivity index (χ2v) is 4.60. The number of benzene rings is 2. The Morgan fingerprint density at radius 2 is 1.63 bits per heavy atom. The first kappa shape index (κ1) is 15.7. The van der Waals surface area contributed by atoms with Crippen LogP contribution in [0.1, 0.15) is 15.9 Å². The molecular formula is C15H15Cl2NO. The fraction of sp³-hybridized carbons (Fsp3) is 0.133. The quantitative estimate of drug-likeness (QED) is 0.877.